The van der Waals surface area contributed by atoms with E-state index in [-0.39, 0.29) is 12.6 Å². The first-order valence-corrected chi connectivity index (χ1v) is 6.98. The van der Waals surface area contributed by atoms with E-state index < -0.39 is 10.9 Å². The predicted molar refractivity (Wildman–Crippen MR) is 85.9 cm³/mol. The second-order valence-corrected chi connectivity index (χ2v) is 5.28. The van der Waals surface area contributed by atoms with E-state index in [9.17, 15) is 14.7 Å². The molecule has 21 heavy (non-hydrogen) atoms. The van der Waals surface area contributed by atoms with Gasteiger partial charge >= 0.3 is 0 Å². The third-order valence-corrected chi connectivity index (χ3v) is 3.64. The molecule has 0 bridgehead atoms. The van der Waals surface area contributed by atoms with Crippen molar-refractivity contribution in [3.63, 3.8) is 0 Å². The molecule has 2 rings (SSSR count). The Morgan fingerprint density at radius 2 is 1.76 bits per heavy atom. The average molecular weight is 288 g/mol. The van der Waals surface area contributed by atoms with Crippen LogP contribution < -0.4 is 21.1 Å². The van der Waals surface area contributed by atoms with Gasteiger partial charge in [-0.05, 0) is 24.1 Å². The molecule has 2 aromatic rings. The molecule has 5 heteroatoms. The van der Waals surface area contributed by atoms with Crippen LogP contribution in [0.15, 0.2) is 33.9 Å². The van der Waals surface area contributed by atoms with E-state index in [0.29, 0.717) is 17.7 Å². The van der Waals surface area contributed by atoms with E-state index in [2.05, 4.69) is 5.32 Å². The lowest BCUT2D eigenvalue weighted by molar-refractivity contribution is 0.271. The van der Waals surface area contributed by atoms with Gasteiger partial charge in [0, 0.05) is 25.8 Å². The fourth-order valence-corrected chi connectivity index (χ4v) is 2.21. The Balaban J connectivity index is 2.34. The van der Waals surface area contributed by atoms with E-state index >= 15 is 0 Å². The summed E-state index contributed by atoms with van der Waals surface area (Å²) in [4.78, 5) is 25.5. The van der Waals surface area contributed by atoms with E-state index in [4.69, 9.17) is 0 Å². The zero-order valence-electron chi connectivity index (χ0n) is 12.5. The van der Waals surface area contributed by atoms with Gasteiger partial charge in [-0.2, -0.15) is 0 Å². The van der Waals surface area contributed by atoms with E-state index in [0.717, 1.165) is 11.3 Å². The van der Waals surface area contributed by atoms with Crippen molar-refractivity contribution < 1.29 is 5.11 Å². The minimum Gasteiger partial charge on any atom is -0.394 e. The van der Waals surface area contributed by atoms with E-state index in [1.165, 1.54) is 0 Å². The molecule has 0 aliphatic carbocycles. The molecule has 0 spiro atoms. The third kappa shape index (κ3) is 2.83. The molecule has 0 aliphatic rings. The highest BCUT2D eigenvalue weighted by atomic mass is 16.3. The molecule has 0 amide bonds. The van der Waals surface area contributed by atoms with Crippen molar-refractivity contribution in [2.45, 2.75) is 19.4 Å². The summed E-state index contributed by atoms with van der Waals surface area (Å²) in [6, 6.07) is 7.25. The van der Waals surface area contributed by atoms with Gasteiger partial charge in [0.25, 0.3) is 0 Å². The van der Waals surface area contributed by atoms with Crippen LogP contribution in [0.3, 0.4) is 0 Å². The molecular formula is C16H20N2O3. The minimum atomic E-state index is -0.506. The molecule has 0 aromatic heterocycles. The molecule has 0 aliphatic heterocycles. The van der Waals surface area contributed by atoms with Gasteiger partial charge in [0.05, 0.1) is 17.9 Å². The summed E-state index contributed by atoms with van der Waals surface area (Å²) in [5, 5.41) is 12.2. The van der Waals surface area contributed by atoms with E-state index in [1.54, 1.807) is 0 Å². The highest BCUT2D eigenvalue weighted by molar-refractivity contribution is 5.82. The summed E-state index contributed by atoms with van der Waals surface area (Å²) in [5.74, 6) is 0. The highest BCUT2D eigenvalue weighted by Crippen LogP contribution is 2.26. The lowest BCUT2D eigenvalue weighted by Gasteiger charge is -2.19. The molecule has 0 saturated heterocycles. The van der Waals surface area contributed by atoms with Crippen LogP contribution in [0.1, 0.15) is 13.3 Å². The Morgan fingerprint density at radius 1 is 1.14 bits per heavy atom. The van der Waals surface area contributed by atoms with Gasteiger partial charge in [-0.3, -0.25) is 9.59 Å². The van der Waals surface area contributed by atoms with Crippen molar-refractivity contribution in [3.8, 4) is 11.1 Å². The van der Waals surface area contributed by atoms with Crippen molar-refractivity contribution in [2.75, 3.05) is 30.9 Å². The van der Waals surface area contributed by atoms with Crippen LogP contribution in [0.2, 0.25) is 0 Å². The largest absolute Gasteiger partial charge is 0.394 e. The van der Waals surface area contributed by atoms with Crippen LogP contribution in [-0.2, 0) is 0 Å². The number of benzene rings is 1. The SMILES string of the molecule is CC[C@H](CO)Nc1c(-c2ccc(N(C)C)cc2)c(=O)c1=O. The van der Waals surface area contributed by atoms with Gasteiger partial charge in [-0.25, -0.2) is 0 Å². The predicted octanol–water partition coefficient (Wildman–Crippen LogP) is 1.20. The van der Waals surface area contributed by atoms with Gasteiger partial charge in [0.15, 0.2) is 0 Å². The van der Waals surface area contributed by atoms with E-state index in [1.807, 2.05) is 50.2 Å². The van der Waals surface area contributed by atoms with Crippen LogP contribution in [-0.4, -0.2) is 31.9 Å². The maximum Gasteiger partial charge on any atom is 0.250 e. The molecule has 5 nitrogen and oxygen atoms in total. The molecule has 2 N–H and O–H groups in total. The fraction of sp³-hybridized carbons (Fsp3) is 0.375. The molecular weight excluding hydrogens is 268 g/mol. The normalized spacial score (nSPS) is 12.4. The zero-order chi connectivity index (χ0) is 15.6. The van der Waals surface area contributed by atoms with Crippen LogP contribution in [0.25, 0.3) is 11.1 Å². The van der Waals surface area contributed by atoms with Crippen molar-refractivity contribution in [3.05, 3.63) is 44.7 Å². The van der Waals surface area contributed by atoms with Crippen molar-refractivity contribution in [1.82, 2.24) is 0 Å². The summed E-state index contributed by atoms with van der Waals surface area (Å²) in [6.45, 7) is 1.83. The Morgan fingerprint density at radius 3 is 2.24 bits per heavy atom. The number of hydrogen-bond acceptors (Lipinski definition) is 5. The number of hydrogen-bond donors (Lipinski definition) is 2. The quantitative estimate of drug-likeness (QED) is 0.782. The smallest absolute Gasteiger partial charge is 0.250 e. The van der Waals surface area contributed by atoms with Crippen LogP contribution in [0.4, 0.5) is 11.4 Å². The Hall–Kier alpha value is -2.14. The maximum absolute atomic E-state index is 11.8. The zero-order valence-corrected chi connectivity index (χ0v) is 12.5. The number of aliphatic hydroxyl groups is 1. The lowest BCUT2D eigenvalue weighted by Crippen LogP contribution is -2.39. The number of nitrogens with one attached hydrogen (secondary N) is 1. The highest BCUT2D eigenvalue weighted by Gasteiger charge is 2.23. The summed E-state index contributed by atoms with van der Waals surface area (Å²) < 4.78 is 0. The molecule has 0 heterocycles. The molecule has 0 fully saturated rings. The number of anilines is 2. The summed E-state index contributed by atoms with van der Waals surface area (Å²) >= 11 is 0. The Bertz CT molecular complexity index is 678. The topological polar surface area (TPSA) is 69.6 Å². The van der Waals surface area contributed by atoms with Gasteiger partial charge in [0.1, 0.15) is 0 Å². The third-order valence-electron chi connectivity index (χ3n) is 3.64. The van der Waals surface area contributed by atoms with Crippen molar-refractivity contribution in [1.29, 1.82) is 0 Å². The van der Waals surface area contributed by atoms with Crippen molar-refractivity contribution in [2.24, 2.45) is 0 Å². The Kier molecular flexibility index (Phi) is 4.43. The van der Waals surface area contributed by atoms with Crippen LogP contribution >= 0.6 is 0 Å². The second-order valence-electron chi connectivity index (χ2n) is 5.28. The maximum atomic E-state index is 11.8. The Labute approximate surface area is 123 Å². The summed E-state index contributed by atoms with van der Waals surface area (Å²) in [5.41, 5.74) is 1.50. The number of aliphatic hydroxyl groups excluding tert-OH is 1. The molecule has 1 atom stereocenters. The van der Waals surface area contributed by atoms with Gasteiger partial charge in [-0.1, -0.05) is 19.1 Å². The van der Waals surface area contributed by atoms with Crippen molar-refractivity contribution >= 4 is 11.4 Å². The second kappa shape index (κ2) is 6.10. The fourth-order valence-electron chi connectivity index (χ4n) is 2.21. The lowest BCUT2D eigenvalue weighted by atomic mass is 9.97. The van der Waals surface area contributed by atoms with Gasteiger partial charge < -0.3 is 15.3 Å². The van der Waals surface area contributed by atoms with Crippen LogP contribution in [0.5, 0.6) is 0 Å². The number of rotatable bonds is 6. The standard InChI is InChI=1S/C16H20N2O3/c1-4-11(9-19)17-14-13(15(20)16(14)21)10-5-7-12(8-6-10)18(2)3/h5-8,11,17,19H,4,9H2,1-3H3/t11-/m1/s1. The molecule has 0 unspecified atom stereocenters. The van der Waals surface area contributed by atoms with Gasteiger partial charge in [-0.15, -0.1) is 0 Å². The first-order chi connectivity index (χ1) is 9.99. The molecule has 0 saturated carbocycles. The van der Waals surface area contributed by atoms with Gasteiger partial charge in [0.2, 0.25) is 10.9 Å². The number of nitrogens with zero attached hydrogens (tertiary/aromatic N) is 1. The monoisotopic (exact) mass is 288 g/mol. The molecule has 112 valence electrons. The summed E-state index contributed by atoms with van der Waals surface area (Å²) in [7, 11) is 3.87. The van der Waals surface area contributed by atoms with Crippen LogP contribution in [0, 0.1) is 0 Å². The molecule has 2 aromatic carbocycles. The minimum absolute atomic E-state index is 0.0751. The summed E-state index contributed by atoms with van der Waals surface area (Å²) in [6.07, 6.45) is 0.675. The average Bonchev–Trinajstić information content (AvgIpc) is 2.50. The first-order valence-electron chi connectivity index (χ1n) is 6.98. The first kappa shape index (κ1) is 15.3. The molecule has 0 radical (unpaired) electrons.